The SMILES string of the molecule is COc1ccc2nc(C3CCCCC3CN)oc2c1. The molecule has 2 N–H and O–H groups in total. The van der Waals surface area contributed by atoms with Crippen molar-refractivity contribution in [2.45, 2.75) is 31.6 Å². The number of hydrogen-bond acceptors (Lipinski definition) is 4. The summed E-state index contributed by atoms with van der Waals surface area (Å²) in [4.78, 5) is 4.63. The zero-order chi connectivity index (χ0) is 13.2. The second-order valence-corrected chi connectivity index (χ2v) is 5.27. The van der Waals surface area contributed by atoms with E-state index < -0.39 is 0 Å². The molecule has 2 aromatic rings. The van der Waals surface area contributed by atoms with Gasteiger partial charge < -0.3 is 14.9 Å². The number of benzene rings is 1. The zero-order valence-electron chi connectivity index (χ0n) is 11.3. The molecular formula is C15H20N2O2. The first-order valence-electron chi connectivity index (χ1n) is 6.96. The molecule has 4 nitrogen and oxygen atoms in total. The van der Waals surface area contributed by atoms with E-state index in [1.807, 2.05) is 18.2 Å². The highest BCUT2D eigenvalue weighted by molar-refractivity contribution is 5.74. The van der Waals surface area contributed by atoms with E-state index in [0.29, 0.717) is 18.4 Å². The molecular weight excluding hydrogens is 240 g/mol. The van der Waals surface area contributed by atoms with Crippen LogP contribution in [-0.4, -0.2) is 18.6 Å². The predicted molar refractivity (Wildman–Crippen MR) is 74.3 cm³/mol. The summed E-state index contributed by atoms with van der Waals surface area (Å²) >= 11 is 0. The fraction of sp³-hybridized carbons (Fsp3) is 0.533. The summed E-state index contributed by atoms with van der Waals surface area (Å²) in [6.45, 7) is 0.715. The Morgan fingerprint density at radius 3 is 3.00 bits per heavy atom. The molecule has 1 heterocycles. The predicted octanol–water partition coefficient (Wildman–Crippen LogP) is 3.07. The third-order valence-electron chi connectivity index (χ3n) is 4.14. The van der Waals surface area contributed by atoms with E-state index in [0.717, 1.165) is 29.2 Å². The Morgan fingerprint density at radius 1 is 1.37 bits per heavy atom. The van der Waals surface area contributed by atoms with Gasteiger partial charge in [-0.2, -0.15) is 0 Å². The molecule has 0 spiro atoms. The highest BCUT2D eigenvalue weighted by atomic mass is 16.5. The molecule has 2 unspecified atom stereocenters. The third kappa shape index (κ3) is 2.32. The van der Waals surface area contributed by atoms with Crippen molar-refractivity contribution < 1.29 is 9.15 Å². The van der Waals surface area contributed by atoms with Crippen LogP contribution < -0.4 is 10.5 Å². The third-order valence-corrected chi connectivity index (χ3v) is 4.14. The minimum absolute atomic E-state index is 0.372. The number of hydrogen-bond donors (Lipinski definition) is 1. The Kier molecular flexibility index (Phi) is 3.42. The van der Waals surface area contributed by atoms with Crippen molar-refractivity contribution in [1.29, 1.82) is 0 Å². The van der Waals surface area contributed by atoms with Crippen LogP contribution in [0.4, 0.5) is 0 Å². The van der Waals surface area contributed by atoms with E-state index in [4.69, 9.17) is 14.9 Å². The van der Waals surface area contributed by atoms with Gasteiger partial charge in [-0.1, -0.05) is 12.8 Å². The van der Waals surface area contributed by atoms with Gasteiger partial charge in [0.15, 0.2) is 11.5 Å². The molecule has 0 saturated heterocycles. The van der Waals surface area contributed by atoms with Crippen molar-refractivity contribution in [3.63, 3.8) is 0 Å². The van der Waals surface area contributed by atoms with E-state index in [-0.39, 0.29) is 0 Å². The molecule has 1 aliphatic rings. The quantitative estimate of drug-likeness (QED) is 0.921. The maximum atomic E-state index is 5.94. The molecule has 1 aromatic heterocycles. The fourth-order valence-electron chi connectivity index (χ4n) is 3.02. The maximum absolute atomic E-state index is 5.94. The monoisotopic (exact) mass is 260 g/mol. The Morgan fingerprint density at radius 2 is 2.21 bits per heavy atom. The van der Waals surface area contributed by atoms with E-state index >= 15 is 0 Å². The first-order chi connectivity index (χ1) is 9.31. The van der Waals surface area contributed by atoms with Crippen LogP contribution in [-0.2, 0) is 0 Å². The van der Waals surface area contributed by atoms with Gasteiger partial charge in [-0.15, -0.1) is 0 Å². The molecule has 0 bridgehead atoms. The number of ether oxygens (including phenoxy) is 1. The van der Waals surface area contributed by atoms with E-state index in [1.165, 1.54) is 19.3 Å². The van der Waals surface area contributed by atoms with E-state index in [1.54, 1.807) is 7.11 Å². The normalized spacial score (nSPS) is 23.7. The van der Waals surface area contributed by atoms with Gasteiger partial charge in [0, 0.05) is 12.0 Å². The summed E-state index contributed by atoms with van der Waals surface area (Å²) in [6, 6.07) is 5.75. The van der Waals surface area contributed by atoms with Crippen LogP contribution in [0, 0.1) is 5.92 Å². The standard InChI is InChI=1S/C15H20N2O2/c1-18-11-6-7-13-14(8-11)19-15(17-13)12-5-3-2-4-10(12)9-16/h6-8,10,12H,2-5,9,16H2,1H3. The van der Waals surface area contributed by atoms with Crippen molar-refractivity contribution in [2.24, 2.45) is 11.7 Å². The lowest BCUT2D eigenvalue weighted by Gasteiger charge is -2.27. The van der Waals surface area contributed by atoms with E-state index in [2.05, 4.69) is 4.98 Å². The van der Waals surface area contributed by atoms with E-state index in [9.17, 15) is 0 Å². The van der Waals surface area contributed by atoms with Crippen LogP contribution in [0.25, 0.3) is 11.1 Å². The number of aromatic nitrogens is 1. The first kappa shape index (κ1) is 12.5. The summed E-state index contributed by atoms with van der Waals surface area (Å²) in [5.74, 6) is 2.52. The Hall–Kier alpha value is -1.55. The largest absolute Gasteiger partial charge is 0.497 e. The lowest BCUT2D eigenvalue weighted by molar-refractivity contribution is 0.275. The van der Waals surface area contributed by atoms with Gasteiger partial charge in [0.1, 0.15) is 11.3 Å². The van der Waals surface area contributed by atoms with Gasteiger partial charge in [-0.25, -0.2) is 4.98 Å². The van der Waals surface area contributed by atoms with Crippen molar-refractivity contribution in [3.8, 4) is 5.75 Å². The summed E-state index contributed by atoms with van der Waals surface area (Å²) in [5, 5.41) is 0. The second-order valence-electron chi connectivity index (χ2n) is 5.27. The van der Waals surface area contributed by atoms with Crippen molar-refractivity contribution in [2.75, 3.05) is 13.7 Å². The fourth-order valence-corrected chi connectivity index (χ4v) is 3.02. The van der Waals surface area contributed by atoms with Gasteiger partial charge in [-0.3, -0.25) is 0 Å². The van der Waals surface area contributed by atoms with Crippen molar-refractivity contribution in [1.82, 2.24) is 4.98 Å². The summed E-state index contributed by atoms with van der Waals surface area (Å²) in [7, 11) is 1.66. The lowest BCUT2D eigenvalue weighted by Crippen LogP contribution is -2.25. The molecule has 1 fully saturated rings. The first-order valence-corrected chi connectivity index (χ1v) is 6.96. The van der Waals surface area contributed by atoms with Gasteiger partial charge in [-0.05, 0) is 37.4 Å². The molecule has 3 rings (SSSR count). The molecule has 1 aromatic carbocycles. The molecule has 0 amide bonds. The zero-order valence-corrected chi connectivity index (χ0v) is 11.3. The minimum Gasteiger partial charge on any atom is -0.497 e. The molecule has 0 radical (unpaired) electrons. The van der Waals surface area contributed by atoms with Crippen molar-refractivity contribution in [3.05, 3.63) is 24.1 Å². The van der Waals surface area contributed by atoms with Gasteiger partial charge in [0.05, 0.1) is 7.11 Å². The average Bonchev–Trinajstić information content (AvgIpc) is 2.89. The highest BCUT2D eigenvalue weighted by Crippen LogP contribution is 2.38. The number of nitrogens with zero attached hydrogens (tertiary/aromatic N) is 1. The highest BCUT2D eigenvalue weighted by Gasteiger charge is 2.29. The smallest absolute Gasteiger partial charge is 0.198 e. The average molecular weight is 260 g/mol. The van der Waals surface area contributed by atoms with Gasteiger partial charge >= 0.3 is 0 Å². The molecule has 0 aliphatic heterocycles. The Labute approximate surface area is 112 Å². The molecule has 1 saturated carbocycles. The van der Waals surface area contributed by atoms with Gasteiger partial charge in [0.2, 0.25) is 0 Å². The topological polar surface area (TPSA) is 61.3 Å². The number of oxazole rings is 1. The number of methoxy groups -OCH3 is 1. The van der Waals surface area contributed by atoms with Gasteiger partial charge in [0.25, 0.3) is 0 Å². The summed E-state index contributed by atoms with van der Waals surface area (Å²) in [6.07, 6.45) is 4.82. The molecule has 1 aliphatic carbocycles. The van der Waals surface area contributed by atoms with Crippen LogP contribution in [0.15, 0.2) is 22.6 Å². The maximum Gasteiger partial charge on any atom is 0.198 e. The molecule has 19 heavy (non-hydrogen) atoms. The minimum atomic E-state index is 0.372. The number of nitrogens with two attached hydrogens (primary N) is 1. The van der Waals surface area contributed by atoms with Crippen LogP contribution in [0.5, 0.6) is 5.75 Å². The molecule has 4 heteroatoms. The number of rotatable bonds is 3. The van der Waals surface area contributed by atoms with Crippen LogP contribution in [0.2, 0.25) is 0 Å². The van der Waals surface area contributed by atoms with Crippen molar-refractivity contribution >= 4 is 11.1 Å². The number of fused-ring (bicyclic) bond motifs is 1. The Bertz CT molecular complexity index is 564. The lowest BCUT2D eigenvalue weighted by atomic mass is 9.79. The summed E-state index contributed by atoms with van der Waals surface area (Å²) in [5.41, 5.74) is 7.58. The van der Waals surface area contributed by atoms with Crippen LogP contribution >= 0.6 is 0 Å². The summed E-state index contributed by atoms with van der Waals surface area (Å²) < 4.78 is 11.1. The second kappa shape index (κ2) is 5.21. The Balaban J connectivity index is 1.95. The molecule has 102 valence electrons. The van der Waals surface area contributed by atoms with Crippen LogP contribution in [0.1, 0.15) is 37.5 Å². The molecule has 2 atom stereocenters. The van der Waals surface area contributed by atoms with Crippen LogP contribution in [0.3, 0.4) is 0 Å².